The van der Waals surface area contributed by atoms with Gasteiger partial charge in [0.15, 0.2) is 6.10 Å². The lowest BCUT2D eigenvalue weighted by Crippen LogP contribution is -2.34. The first-order chi connectivity index (χ1) is 17.3. The number of fused-ring (bicyclic) bond motifs is 1. The van der Waals surface area contributed by atoms with Gasteiger partial charge < -0.3 is 24.3 Å². The van der Waals surface area contributed by atoms with Gasteiger partial charge >= 0.3 is 18.0 Å². The molecule has 1 aromatic heterocycles. The number of nitrogens with zero attached hydrogens (tertiary/aromatic N) is 3. The van der Waals surface area contributed by atoms with Gasteiger partial charge in [0.1, 0.15) is 24.8 Å². The van der Waals surface area contributed by atoms with Crippen molar-refractivity contribution >= 4 is 40.7 Å². The molecular weight excluding hydrogens is 468 g/mol. The molecule has 1 heterocycles. The van der Waals surface area contributed by atoms with Crippen LogP contribution in [0.1, 0.15) is 19.4 Å². The highest BCUT2D eigenvalue weighted by Crippen LogP contribution is 2.24. The van der Waals surface area contributed by atoms with Crippen LogP contribution in [-0.4, -0.2) is 61.5 Å². The predicted molar refractivity (Wildman–Crippen MR) is 132 cm³/mol. The maximum Gasteiger partial charge on any atom is 0.416 e. The van der Waals surface area contributed by atoms with E-state index >= 15 is 0 Å². The molecule has 0 saturated heterocycles. The fourth-order valence-electron chi connectivity index (χ4n) is 3.18. The van der Waals surface area contributed by atoms with Gasteiger partial charge in [-0.3, -0.25) is 9.59 Å². The third kappa shape index (κ3) is 7.29. The molecule has 0 bridgehead atoms. The second-order valence-electron chi connectivity index (χ2n) is 7.76. The lowest BCUT2D eigenvalue weighted by molar-refractivity contribution is -0.158. The molecule has 11 heteroatoms. The number of para-hydroxylation sites is 1. The molecule has 0 aliphatic carbocycles. The Labute approximate surface area is 208 Å². The van der Waals surface area contributed by atoms with Crippen LogP contribution in [0.2, 0.25) is 0 Å². The molecule has 1 unspecified atom stereocenters. The summed E-state index contributed by atoms with van der Waals surface area (Å²) in [4.78, 5) is 45.2. The normalized spacial score (nSPS) is 11.3. The zero-order valence-corrected chi connectivity index (χ0v) is 20.5. The van der Waals surface area contributed by atoms with E-state index in [2.05, 4.69) is 15.3 Å². The number of nitrogens with one attached hydrogen (secondary N) is 1. The Morgan fingerprint density at radius 1 is 0.944 bits per heavy atom. The monoisotopic (exact) mass is 496 g/mol. The van der Waals surface area contributed by atoms with E-state index in [-0.39, 0.29) is 19.2 Å². The molecule has 0 aliphatic heterocycles. The minimum Gasteiger partial charge on any atom is -0.497 e. The molecule has 11 nitrogen and oxygen atoms in total. The summed E-state index contributed by atoms with van der Waals surface area (Å²) in [5.41, 5.74) is 1.64. The minimum atomic E-state index is -0.942. The Kier molecular flexibility index (Phi) is 8.98. The van der Waals surface area contributed by atoms with Crippen molar-refractivity contribution in [1.82, 2.24) is 9.97 Å². The highest BCUT2D eigenvalue weighted by atomic mass is 16.6. The number of esters is 2. The van der Waals surface area contributed by atoms with Crippen molar-refractivity contribution in [2.24, 2.45) is 0 Å². The number of ether oxygens (including phenoxy) is 4. The number of carbonyl (C=O) groups is 3. The van der Waals surface area contributed by atoms with Gasteiger partial charge in [-0.1, -0.05) is 24.3 Å². The van der Waals surface area contributed by atoms with Crippen LogP contribution in [0.25, 0.3) is 10.9 Å². The molecule has 190 valence electrons. The highest BCUT2D eigenvalue weighted by molar-refractivity contribution is 5.92. The summed E-state index contributed by atoms with van der Waals surface area (Å²) < 4.78 is 20.4. The first-order valence-corrected chi connectivity index (χ1v) is 11.1. The Morgan fingerprint density at radius 3 is 2.31 bits per heavy atom. The Hall–Kier alpha value is -4.41. The van der Waals surface area contributed by atoms with Gasteiger partial charge in [0.2, 0.25) is 5.95 Å². The standard InChI is InChI=1S/C25H28N4O7/c1-16(30)34-14-20(36-17(2)31)15-35-25(32)29(3)24-27-22-8-6-5-7-21(22)23(28-24)26-13-18-9-11-19(33-4)12-10-18/h5-12,20H,13-15H2,1-4H3,(H,26,27,28). The zero-order valence-electron chi connectivity index (χ0n) is 20.5. The van der Waals surface area contributed by atoms with E-state index in [1.165, 1.54) is 20.9 Å². The predicted octanol–water partition coefficient (Wildman–Crippen LogP) is 3.32. The van der Waals surface area contributed by atoms with E-state index in [1.807, 2.05) is 48.5 Å². The topological polar surface area (TPSA) is 129 Å². The maximum absolute atomic E-state index is 12.7. The lowest BCUT2D eigenvalue weighted by atomic mass is 10.2. The number of benzene rings is 2. The van der Waals surface area contributed by atoms with Gasteiger partial charge in [-0.25, -0.2) is 14.7 Å². The van der Waals surface area contributed by atoms with Crippen LogP contribution in [0, 0.1) is 0 Å². The molecule has 0 spiro atoms. The largest absolute Gasteiger partial charge is 0.497 e. The lowest BCUT2D eigenvalue weighted by Gasteiger charge is -2.20. The summed E-state index contributed by atoms with van der Waals surface area (Å²) in [6.07, 6.45) is -1.71. The molecule has 1 N–H and O–H groups in total. The van der Waals surface area contributed by atoms with Gasteiger partial charge in [0.25, 0.3) is 0 Å². The molecule has 3 rings (SSSR count). The van der Waals surface area contributed by atoms with Crippen molar-refractivity contribution < 1.29 is 33.3 Å². The molecular formula is C25H28N4O7. The quantitative estimate of drug-likeness (QED) is 0.330. The molecule has 1 amide bonds. The second-order valence-corrected chi connectivity index (χ2v) is 7.76. The van der Waals surface area contributed by atoms with E-state index in [1.54, 1.807) is 7.11 Å². The maximum atomic E-state index is 12.7. The summed E-state index contributed by atoms with van der Waals surface area (Å²) in [6, 6.07) is 15.0. The van der Waals surface area contributed by atoms with Crippen LogP contribution in [0.5, 0.6) is 5.75 Å². The molecule has 0 radical (unpaired) electrons. The summed E-state index contributed by atoms with van der Waals surface area (Å²) in [7, 11) is 3.08. The fourth-order valence-corrected chi connectivity index (χ4v) is 3.18. The third-order valence-corrected chi connectivity index (χ3v) is 4.98. The van der Waals surface area contributed by atoms with E-state index in [9.17, 15) is 14.4 Å². The van der Waals surface area contributed by atoms with Crippen molar-refractivity contribution in [3.63, 3.8) is 0 Å². The van der Waals surface area contributed by atoms with Crippen molar-refractivity contribution in [3.05, 3.63) is 54.1 Å². The molecule has 36 heavy (non-hydrogen) atoms. The van der Waals surface area contributed by atoms with Crippen LogP contribution in [0.3, 0.4) is 0 Å². The van der Waals surface area contributed by atoms with E-state index in [0.717, 1.165) is 21.6 Å². The van der Waals surface area contributed by atoms with E-state index in [4.69, 9.17) is 18.9 Å². The second kappa shape index (κ2) is 12.3. The average molecular weight is 497 g/mol. The van der Waals surface area contributed by atoms with Crippen molar-refractivity contribution in [3.8, 4) is 5.75 Å². The first kappa shape index (κ1) is 26.2. The molecule has 0 fully saturated rings. The smallest absolute Gasteiger partial charge is 0.416 e. The molecule has 3 aromatic rings. The van der Waals surface area contributed by atoms with Crippen LogP contribution in [-0.2, 0) is 30.3 Å². The van der Waals surface area contributed by atoms with Crippen molar-refractivity contribution in [2.75, 3.05) is 37.6 Å². The SMILES string of the molecule is COc1ccc(CNc2nc(N(C)C(=O)OCC(COC(C)=O)OC(C)=O)nc3ccccc23)cc1. The highest BCUT2D eigenvalue weighted by Gasteiger charge is 2.21. The number of rotatable bonds is 10. The summed E-state index contributed by atoms with van der Waals surface area (Å²) in [6.45, 7) is 2.36. The average Bonchev–Trinajstić information content (AvgIpc) is 2.87. The molecule has 0 saturated carbocycles. The first-order valence-electron chi connectivity index (χ1n) is 11.1. The van der Waals surface area contributed by atoms with Crippen LogP contribution in [0.15, 0.2) is 48.5 Å². The van der Waals surface area contributed by atoms with Crippen LogP contribution >= 0.6 is 0 Å². The molecule has 0 aliphatic rings. The van der Waals surface area contributed by atoms with Crippen molar-refractivity contribution in [1.29, 1.82) is 0 Å². The summed E-state index contributed by atoms with van der Waals surface area (Å²) >= 11 is 0. The van der Waals surface area contributed by atoms with E-state index in [0.29, 0.717) is 17.9 Å². The molecule has 1 atom stereocenters. The van der Waals surface area contributed by atoms with Gasteiger partial charge in [-0.15, -0.1) is 0 Å². The Bertz CT molecular complexity index is 1220. The number of amides is 1. The molecule has 2 aromatic carbocycles. The van der Waals surface area contributed by atoms with Gasteiger partial charge in [0.05, 0.1) is 12.6 Å². The van der Waals surface area contributed by atoms with E-state index < -0.39 is 24.1 Å². The van der Waals surface area contributed by atoms with Gasteiger partial charge in [-0.2, -0.15) is 4.98 Å². The number of aromatic nitrogens is 2. The van der Waals surface area contributed by atoms with Crippen LogP contribution in [0.4, 0.5) is 16.6 Å². The Balaban J connectivity index is 1.74. The fraction of sp³-hybridized carbons (Fsp3) is 0.320. The van der Waals surface area contributed by atoms with Gasteiger partial charge in [-0.05, 0) is 29.8 Å². The third-order valence-electron chi connectivity index (χ3n) is 4.98. The zero-order chi connectivity index (χ0) is 26.1. The number of methoxy groups -OCH3 is 1. The van der Waals surface area contributed by atoms with Gasteiger partial charge in [0, 0.05) is 32.8 Å². The van der Waals surface area contributed by atoms with Crippen molar-refractivity contribution in [2.45, 2.75) is 26.5 Å². The number of hydrogen-bond donors (Lipinski definition) is 1. The number of anilines is 2. The minimum absolute atomic E-state index is 0.111. The van der Waals surface area contributed by atoms with Crippen LogP contribution < -0.4 is 15.0 Å². The summed E-state index contributed by atoms with van der Waals surface area (Å²) in [5.74, 6) is 0.271. The number of hydrogen-bond acceptors (Lipinski definition) is 10. The number of carbonyl (C=O) groups excluding carboxylic acids is 3. The summed E-state index contributed by atoms with van der Waals surface area (Å²) in [5, 5.41) is 4.08. The Morgan fingerprint density at radius 2 is 1.64 bits per heavy atom.